The first-order chi connectivity index (χ1) is 9.51. The molecule has 1 aromatic heterocycles. The second-order valence-corrected chi connectivity index (χ2v) is 7.09. The number of ether oxygens (including phenoxy) is 1. The van der Waals surface area contributed by atoms with E-state index in [0.717, 1.165) is 6.42 Å². The van der Waals surface area contributed by atoms with Crippen molar-refractivity contribution >= 4 is 10.0 Å². The molecular formula is C13H21N3O3S. The van der Waals surface area contributed by atoms with E-state index in [-0.39, 0.29) is 11.9 Å². The topological polar surface area (TPSA) is 72.4 Å². The molecule has 2 rings (SSSR count). The van der Waals surface area contributed by atoms with Gasteiger partial charge in [0.15, 0.2) is 0 Å². The van der Waals surface area contributed by atoms with Crippen LogP contribution in [0.25, 0.3) is 0 Å². The lowest BCUT2D eigenvalue weighted by atomic mass is 10.3. The van der Waals surface area contributed by atoms with Gasteiger partial charge < -0.3 is 4.74 Å². The lowest BCUT2D eigenvalue weighted by Gasteiger charge is -2.16. The summed E-state index contributed by atoms with van der Waals surface area (Å²) in [7, 11) is -3.13. The molecule has 0 radical (unpaired) electrons. The molecule has 112 valence electrons. The quantitative estimate of drug-likeness (QED) is 0.793. The van der Waals surface area contributed by atoms with Crippen molar-refractivity contribution in [3.8, 4) is 5.88 Å². The maximum atomic E-state index is 12.1. The van der Waals surface area contributed by atoms with Crippen LogP contribution in [0.2, 0.25) is 0 Å². The number of aromatic nitrogens is 2. The van der Waals surface area contributed by atoms with Crippen LogP contribution in [-0.2, 0) is 10.0 Å². The van der Waals surface area contributed by atoms with Gasteiger partial charge in [-0.3, -0.25) is 0 Å². The highest BCUT2D eigenvalue weighted by molar-refractivity contribution is 7.89. The first-order valence-corrected chi connectivity index (χ1v) is 8.56. The molecule has 0 bridgehead atoms. The predicted molar refractivity (Wildman–Crippen MR) is 76.1 cm³/mol. The van der Waals surface area contributed by atoms with Gasteiger partial charge in [0.05, 0.1) is 12.3 Å². The van der Waals surface area contributed by atoms with Gasteiger partial charge in [0, 0.05) is 18.8 Å². The van der Waals surface area contributed by atoms with Gasteiger partial charge in [-0.25, -0.2) is 13.4 Å². The molecule has 7 heteroatoms. The Morgan fingerprint density at radius 3 is 3.00 bits per heavy atom. The Balaban J connectivity index is 1.92. The molecule has 0 aliphatic carbocycles. The third kappa shape index (κ3) is 3.89. The van der Waals surface area contributed by atoms with Gasteiger partial charge in [-0.05, 0) is 19.8 Å². The van der Waals surface area contributed by atoms with Crippen LogP contribution in [0.4, 0.5) is 0 Å². The maximum absolute atomic E-state index is 12.1. The molecule has 0 aromatic carbocycles. The summed E-state index contributed by atoms with van der Waals surface area (Å²) in [4.78, 5) is 8.18. The van der Waals surface area contributed by atoms with Crippen LogP contribution in [0.5, 0.6) is 5.88 Å². The third-order valence-corrected chi connectivity index (χ3v) is 5.22. The van der Waals surface area contributed by atoms with Gasteiger partial charge in [0.25, 0.3) is 0 Å². The Kier molecular flexibility index (Phi) is 4.93. The van der Waals surface area contributed by atoms with E-state index in [1.165, 1.54) is 4.31 Å². The van der Waals surface area contributed by atoms with Crippen molar-refractivity contribution in [1.29, 1.82) is 0 Å². The molecule has 20 heavy (non-hydrogen) atoms. The standard InChI is InChI=1S/C13H21N3O3S/c1-3-4-9-20(17,18)16-8-6-12(10-16)19-13-5-7-14-11(2)15-13/h5,7,12H,3-4,6,8-10H2,1-2H3/t12-/m0/s1. The number of unbranched alkanes of at least 4 members (excludes halogenated alkanes) is 1. The van der Waals surface area contributed by atoms with Crippen molar-refractivity contribution in [1.82, 2.24) is 14.3 Å². The van der Waals surface area contributed by atoms with E-state index >= 15 is 0 Å². The summed E-state index contributed by atoms with van der Waals surface area (Å²) in [5, 5.41) is 0. The summed E-state index contributed by atoms with van der Waals surface area (Å²) in [6, 6.07) is 1.70. The van der Waals surface area contributed by atoms with Crippen LogP contribution >= 0.6 is 0 Å². The summed E-state index contributed by atoms with van der Waals surface area (Å²) in [6.07, 6.45) is 3.81. The molecule has 0 unspecified atom stereocenters. The van der Waals surface area contributed by atoms with Crippen molar-refractivity contribution in [2.75, 3.05) is 18.8 Å². The molecule has 0 spiro atoms. The van der Waals surface area contributed by atoms with Crippen LogP contribution in [0, 0.1) is 6.92 Å². The Hall–Kier alpha value is -1.21. The van der Waals surface area contributed by atoms with E-state index < -0.39 is 10.0 Å². The highest BCUT2D eigenvalue weighted by Crippen LogP contribution is 2.19. The molecule has 1 saturated heterocycles. The zero-order chi connectivity index (χ0) is 14.6. The van der Waals surface area contributed by atoms with E-state index in [1.807, 2.05) is 6.92 Å². The predicted octanol–water partition coefficient (Wildman–Crippen LogP) is 1.37. The highest BCUT2D eigenvalue weighted by Gasteiger charge is 2.32. The lowest BCUT2D eigenvalue weighted by Crippen LogP contribution is -2.32. The Bertz CT molecular complexity index is 548. The van der Waals surface area contributed by atoms with Crippen molar-refractivity contribution < 1.29 is 13.2 Å². The van der Waals surface area contributed by atoms with Crippen molar-refractivity contribution in [3.63, 3.8) is 0 Å². The minimum Gasteiger partial charge on any atom is -0.473 e. The number of hydrogen-bond donors (Lipinski definition) is 0. The van der Waals surface area contributed by atoms with E-state index in [0.29, 0.717) is 37.6 Å². The van der Waals surface area contributed by atoms with Gasteiger partial charge in [-0.15, -0.1) is 0 Å². The maximum Gasteiger partial charge on any atom is 0.216 e. The van der Waals surface area contributed by atoms with Crippen LogP contribution in [0.1, 0.15) is 32.0 Å². The molecule has 1 aromatic rings. The van der Waals surface area contributed by atoms with Gasteiger partial charge in [0.1, 0.15) is 11.9 Å². The molecule has 0 saturated carbocycles. The summed E-state index contributed by atoms with van der Waals surface area (Å²) in [5.74, 6) is 1.38. The smallest absolute Gasteiger partial charge is 0.216 e. The van der Waals surface area contributed by atoms with Crippen molar-refractivity contribution in [3.05, 3.63) is 18.1 Å². The van der Waals surface area contributed by atoms with E-state index in [4.69, 9.17) is 4.74 Å². The first-order valence-electron chi connectivity index (χ1n) is 6.95. The van der Waals surface area contributed by atoms with Crippen LogP contribution in [-0.4, -0.2) is 47.6 Å². The average molecular weight is 299 g/mol. The largest absolute Gasteiger partial charge is 0.473 e. The summed E-state index contributed by atoms with van der Waals surface area (Å²) >= 11 is 0. The van der Waals surface area contributed by atoms with E-state index in [1.54, 1.807) is 19.2 Å². The van der Waals surface area contributed by atoms with Gasteiger partial charge in [-0.2, -0.15) is 9.29 Å². The fourth-order valence-corrected chi connectivity index (χ4v) is 3.86. The normalized spacial score (nSPS) is 20.2. The Morgan fingerprint density at radius 1 is 1.50 bits per heavy atom. The average Bonchev–Trinajstić information content (AvgIpc) is 2.86. The fourth-order valence-electron chi connectivity index (χ4n) is 2.17. The number of aryl methyl sites for hydroxylation is 1. The molecule has 0 amide bonds. The SMILES string of the molecule is CCCCS(=O)(=O)N1CC[C@H](Oc2ccnc(C)n2)C1. The summed E-state index contributed by atoms with van der Waals surface area (Å²) < 4.78 is 31.4. The molecule has 1 aliphatic heterocycles. The number of rotatable bonds is 6. The van der Waals surface area contributed by atoms with Crippen LogP contribution < -0.4 is 4.74 Å². The lowest BCUT2D eigenvalue weighted by molar-refractivity contribution is 0.206. The number of nitrogens with zero attached hydrogens (tertiary/aromatic N) is 3. The number of hydrogen-bond acceptors (Lipinski definition) is 5. The molecule has 0 N–H and O–H groups in total. The monoisotopic (exact) mass is 299 g/mol. The third-order valence-electron chi connectivity index (χ3n) is 3.29. The van der Waals surface area contributed by atoms with E-state index in [9.17, 15) is 8.42 Å². The first kappa shape index (κ1) is 15.2. The number of sulfonamides is 1. The zero-order valence-corrected chi connectivity index (χ0v) is 12.8. The van der Waals surface area contributed by atoms with Gasteiger partial charge in [-0.1, -0.05) is 13.3 Å². The Labute approximate surface area is 120 Å². The molecule has 1 fully saturated rings. The van der Waals surface area contributed by atoms with Gasteiger partial charge in [0.2, 0.25) is 15.9 Å². The molecule has 1 atom stereocenters. The zero-order valence-electron chi connectivity index (χ0n) is 11.9. The minimum absolute atomic E-state index is 0.124. The molecular weight excluding hydrogens is 278 g/mol. The molecule has 6 nitrogen and oxygen atoms in total. The molecule has 2 heterocycles. The van der Waals surface area contributed by atoms with Crippen molar-refractivity contribution in [2.24, 2.45) is 0 Å². The second-order valence-electron chi connectivity index (χ2n) is 5.00. The van der Waals surface area contributed by atoms with E-state index in [2.05, 4.69) is 9.97 Å². The van der Waals surface area contributed by atoms with Gasteiger partial charge >= 0.3 is 0 Å². The summed E-state index contributed by atoms with van der Waals surface area (Å²) in [5.41, 5.74) is 0. The van der Waals surface area contributed by atoms with Crippen LogP contribution in [0.15, 0.2) is 12.3 Å². The highest BCUT2D eigenvalue weighted by atomic mass is 32.2. The second kappa shape index (κ2) is 6.49. The minimum atomic E-state index is -3.13. The fraction of sp³-hybridized carbons (Fsp3) is 0.692. The summed E-state index contributed by atoms with van der Waals surface area (Å²) in [6.45, 7) is 4.72. The molecule has 1 aliphatic rings. The Morgan fingerprint density at radius 2 is 2.30 bits per heavy atom. The van der Waals surface area contributed by atoms with Crippen LogP contribution in [0.3, 0.4) is 0 Å². The van der Waals surface area contributed by atoms with Crippen molar-refractivity contribution in [2.45, 2.75) is 39.2 Å².